The van der Waals surface area contributed by atoms with E-state index >= 15 is 0 Å². The number of ether oxygens (including phenoxy) is 1. The van der Waals surface area contributed by atoms with E-state index in [4.69, 9.17) is 16.3 Å². The Labute approximate surface area is 97.2 Å². The molecule has 0 N–H and O–H groups in total. The van der Waals surface area contributed by atoms with Crippen LogP contribution in [-0.4, -0.2) is 12.8 Å². The summed E-state index contributed by atoms with van der Waals surface area (Å²) in [5, 5.41) is 0. The van der Waals surface area contributed by atoms with Crippen LogP contribution in [0.3, 0.4) is 0 Å². The summed E-state index contributed by atoms with van der Waals surface area (Å²) in [6, 6.07) is 7.01. The summed E-state index contributed by atoms with van der Waals surface area (Å²) < 4.78 is 40.7. The molecule has 1 nitrogen and oxygen atoms in total. The maximum Gasteiger partial charge on any atom is 0.389 e. The molecule has 90 valence electrons. The second kappa shape index (κ2) is 5.99. The van der Waals surface area contributed by atoms with Crippen molar-refractivity contribution in [2.45, 2.75) is 24.9 Å². The predicted octanol–water partition coefficient (Wildman–Crippen LogP) is 4.15. The molecule has 0 unspecified atom stereocenters. The maximum atomic E-state index is 11.8. The van der Waals surface area contributed by atoms with Crippen LogP contribution in [0.25, 0.3) is 0 Å². The zero-order chi connectivity index (χ0) is 12.0. The Hall–Kier alpha value is -0.900. The molecular weight excluding hydrogens is 241 g/mol. The van der Waals surface area contributed by atoms with Gasteiger partial charge in [-0.05, 0) is 24.1 Å². The first-order valence-corrected chi connectivity index (χ1v) is 5.39. The van der Waals surface area contributed by atoms with Crippen molar-refractivity contribution in [3.05, 3.63) is 29.8 Å². The van der Waals surface area contributed by atoms with Crippen molar-refractivity contribution in [2.24, 2.45) is 0 Å². The summed E-state index contributed by atoms with van der Waals surface area (Å²) in [4.78, 5) is 0. The summed E-state index contributed by atoms with van der Waals surface area (Å²) in [7, 11) is 0. The van der Waals surface area contributed by atoms with Gasteiger partial charge >= 0.3 is 6.18 Å². The van der Waals surface area contributed by atoms with Gasteiger partial charge in [0.05, 0.1) is 6.61 Å². The van der Waals surface area contributed by atoms with Crippen LogP contribution in [0.2, 0.25) is 0 Å². The largest absolute Gasteiger partial charge is 0.494 e. The van der Waals surface area contributed by atoms with Crippen LogP contribution < -0.4 is 4.74 Å². The molecule has 1 rings (SSSR count). The van der Waals surface area contributed by atoms with E-state index in [2.05, 4.69) is 0 Å². The SMILES string of the molecule is FC(F)(F)CCCOc1cccc(CCl)c1. The van der Waals surface area contributed by atoms with E-state index in [0.717, 1.165) is 5.56 Å². The highest BCUT2D eigenvalue weighted by molar-refractivity contribution is 6.17. The molecule has 0 fully saturated rings. The van der Waals surface area contributed by atoms with Gasteiger partial charge in [0.25, 0.3) is 0 Å². The zero-order valence-corrected chi connectivity index (χ0v) is 9.31. The predicted molar refractivity (Wildman–Crippen MR) is 56.8 cm³/mol. The molecule has 0 aromatic heterocycles. The third kappa shape index (κ3) is 5.26. The van der Waals surface area contributed by atoms with Crippen molar-refractivity contribution in [1.29, 1.82) is 0 Å². The molecular formula is C11H12ClF3O. The minimum atomic E-state index is -4.11. The van der Waals surface area contributed by atoms with Crippen LogP contribution in [0.5, 0.6) is 5.75 Å². The number of benzene rings is 1. The Bertz CT molecular complexity index is 325. The van der Waals surface area contributed by atoms with Gasteiger partial charge in [-0.1, -0.05) is 12.1 Å². The van der Waals surface area contributed by atoms with Crippen LogP contribution in [0.1, 0.15) is 18.4 Å². The molecule has 0 spiro atoms. The van der Waals surface area contributed by atoms with Crippen LogP contribution in [0, 0.1) is 0 Å². The first-order valence-electron chi connectivity index (χ1n) is 4.86. The summed E-state index contributed by atoms with van der Waals surface area (Å²) in [6.45, 7) is 0.0608. The number of hydrogen-bond donors (Lipinski definition) is 0. The Morgan fingerprint density at radius 2 is 2.00 bits per heavy atom. The fourth-order valence-electron chi connectivity index (χ4n) is 1.18. The van der Waals surface area contributed by atoms with Crippen LogP contribution in [-0.2, 0) is 5.88 Å². The lowest BCUT2D eigenvalue weighted by Gasteiger charge is -2.08. The lowest BCUT2D eigenvalue weighted by Crippen LogP contribution is -2.09. The Morgan fingerprint density at radius 1 is 1.25 bits per heavy atom. The van der Waals surface area contributed by atoms with E-state index in [-0.39, 0.29) is 13.0 Å². The van der Waals surface area contributed by atoms with Gasteiger partial charge < -0.3 is 4.74 Å². The molecule has 0 radical (unpaired) electrons. The van der Waals surface area contributed by atoms with E-state index in [0.29, 0.717) is 11.6 Å². The highest BCUT2D eigenvalue weighted by Gasteiger charge is 2.26. The van der Waals surface area contributed by atoms with Gasteiger partial charge in [-0.3, -0.25) is 0 Å². The highest BCUT2D eigenvalue weighted by atomic mass is 35.5. The number of halogens is 4. The molecule has 0 aliphatic rings. The monoisotopic (exact) mass is 252 g/mol. The Kier molecular flexibility index (Phi) is 4.93. The molecule has 0 atom stereocenters. The first kappa shape index (κ1) is 13.2. The Morgan fingerprint density at radius 3 is 2.62 bits per heavy atom. The van der Waals surface area contributed by atoms with E-state index in [1.54, 1.807) is 18.2 Å². The first-order chi connectivity index (χ1) is 7.51. The van der Waals surface area contributed by atoms with Crippen LogP contribution in [0.15, 0.2) is 24.3 Å². The van der Waals surface area contributed by atoms with Crippen LogP contribution in [0.4, 0.5) is 13.2 Å². The summed E-state index contributed by atoms with van der Waals surface area (Å²) in [6.07, 6.45) is -4.96. The topological polar surface area (TPSA) is 9.23 Å². The standard InChI is InChI=1S/C11H12ClF3O/c12-8-9-3-1-4-10(7-9)16-6-2-5-11(13,14)15/h1,3-4,7H,2,5-6,8H2. The summed E-state index contributed by atoms with van der Waals surface area (Å²) in [5.41, 5.74) is 0.884. The van der Waals surface area contributed by atoms with E-state index < -0.39 is 12.6 Å². The minimum Gasteiger partial charge on any atom is -0.494 e. The van der Waals surface area contributed by atoms with Gasteiger partial charge in [0.1, 0.15) is 5.75 Å². The molecule has 0 heterocycles. The second-order valence-corrected chi connectivity index (χ2v) is 3.62. The summed E-state index contributed by atoms with van der Waals surface area (Å²) in [5.74, 6) is 0.917. The number of rotatable bonds is 5. The molecule has 0 aliphatic heterocycles. The molecule has 16 heavy (non-hydrogen) atoms. The maximum absolute atomic E-state index is 11.8. The lowest BCUT2D eigenvalue weighted by atomic mass is 10.2. The van der Waals surface area contributed by atoms with Gasteiger partial charge in [-0.15, -0.1) is 11.6 Å². The van der Waals surface area contributed by atoms with Crippen molar-refractivity contribution in [1.82, 2.24) is 0 Å². The molecule has 1 aromatic carbocycles. The average molecular weight is 253 g/mol. The molecule has 5 heteroatoms. The zero-order valence-electron chi connectivity index (χ0n) is 8.56. The van der Waals surface area contributed by atoms with E-state index in [1.165, 1.54) is 0 Å². The van der Waals surface area contributed by atoms with E-state index in [1.807, 2.05) is 6.07 Å². The van der Waals surface area contributed by atoms with Crippen LogP contribution >= 0.6 is 11.6 Å². The van der Waals surface area contributed by atoms with E-state index in [9.17, 15) is 13.2 Å². The van der Waals surface area contributed by atoms with Gasteiger partial charge in [-0.25, -0.2) is 0 Å². The highest BCUT2D eigenvalue weighted by Crippen LogP contribution is 2.22. The van der Waals surface area contributed by atoms with Gasteiger partial charge in [0.2, 0.25) is 0 Å². The molecule has 0 saturated heterocycles. The van der Waals surface area contributed by atoms with Gasteiger partial charge in [0, 0.05) is 12.3 Å². The van der Waals surface area contributed by atoms with Crippen molar-refractivity contribution in [3.63, 3.8) is 0 Å². The third-order valence-corrected chi connectivity index (χ3v) is 2.23. The Balaban J connectivity index is 2.32. The van der Waals surface area contributed by atoms with Crippen molar-refractivity contribution in [2.75, 3.05) is 6.61 Å². The van der Waals surface area contributed by atoms with Crippen molar-refractivity contribution >= 4 is 11.6 Å². The normalized spacial score (nSPS) is 11.5. The van der Waals surface area contributed by atoms with Crippen molar-refractivity contribution < 1.29 is 17.9 Å². The fraction of sp³-hybridized carbons (Fsp3) is 0.455. The van der Waals surface area contributed by atoms with Crippen molar-refractivity contribution in [3.8, 4) is 5.75 Å². The second-order valence-electron chi connectivity index (χ2n) is 3.35. The quantitative estimate of drug-likeness (QED) is 0.565. The van der Waals surface area contributed by atoms with Gasteiger partial charge in [0.15, 0.2) is 0 Å². The van der Waals surface area contributed by atoms with Gasteiger partial charge in [-0.2, -0.15) is 13.2 Å². The minimum absolute atomic E-state index is 0.0331. The smallest absolute Gasteiger partial charge is 0.389 e. The average Bonchev–Trinajstić information content (AvgIpc) is 2.23. The summed E-state index contributed by atoms with van der Waals surface area (Å²) >= 11 is 5.62. The molecule has 0 aliphatic carbocycles. The molecule has 0 amide bonds. The molecule has 1 aromatic rings. The molecule has 0 saturated carbocycles. The number of hydrogen-bond acceptors (Lipinski definition) is 1. The molecule has 0 bridgehead atoms. The lowest BCUT2D eigenvalue weighted by molar-refractivity contribution is -0.136. The third-order valence-electron chi connectivity index (χ3n) is 1.93. The number of alkyl halides is 4. The fourth-order valence-corrected chi connectivity index (χ4v) is 1.35.